The van der Waals surface area contributed by atoms with E-state index in [4.69, 9.17) is 4.74 Å². The minimum absolute atomic E-state index is 0.0145. The van der Waals surface area contributed by atoms with E-state index in [0.717, 1.165) is 26.2 Å². The van der Waals surface area contributed by atoms with Crippen LogP contribution in [0.1, 0.15) is 0 Å². The first-order chi connectivity index (χ1) is 7.72. The van der Waals surface area contributed by atoms with Gasteiger partial charge in [-0.25, -0.2) is 5.01 Å². The summed E-state index contributed by atoms with van der Waals surface area (Å²) in [6.07, 6.45) is 0. The molecule has 0 bridgehead atoms. The average Bonchev–Trinajstić information content (AvgIpc) is 2.28. The first-order valence-corrected chi connectivity index (χ1v) is 5.65. The summed E-state index contributed by atoms with van der Waals surface area (Å²) in [5.41, 5.74) is 2.88. The maximum absolute atomic E-state index is 11.5. The first-order valence-electron chi connectivity index (χ1n) is 5.65. The number of hydrazine groups is 1. The lowest BCUT2D eigenvalue weighted by Crippen LogP contribution is -2.54. The molecule has 1 amide bonds. The Morgan fingerprint density at radius 2 is 2.00 bits per heavy atom. The van der Waals surface area contributed by atoms with Gasteiger partial charge < -0.3 is 15.0 Å². The van der Waals surface area contributed by atoms with E-state index in [-0.39, 0.29) is 5.91 Å². The van der Waals surface area contributed by atoms with Crippen LogP contribution in [-0.4, -0.2) is 75.8 Å². The van der Waals surface area contributed by atoms with Gasteiger partial charge in [0.05, 0.1) is 13.2 Å². The number of rotatable bonds is 6. The molecule has 0 spiro atoms. The number of nitrogens with zero attached hydrogens (tertiary/aromatic N) is 2. The zero-order valence-electron chi connectivity index (χ0n) is 10.2. The van der Waals surface area contributed by atoms with E-state index in [1.807, 2.05) is 5.01 Å². The van der Waals surface area contributed by atoms with Crippen LogP contribution in [-0.2, 0) is 9.53 Å². The molecule has 0 atom stereocenters. The third-order valence-corrected chi connectivity index (χ3v) is 2.55. The van der Waals surface area contributed by atoms with Gasteiger partial charge in [0.2, 0.25) is 5.91 Å². The monoisotopic (exact) mass is 230 g/mol. The lowest BCUT2D eigenvalue weighted by Gasteiger charge is -2.32. The molecular weight excluding hydrogens is 208 g/mol. The molecule has 0 aromatic carbocycles. The highest BCUT2D eigenvalue weighted by Crippen LogP contribution is 1.94. The maximum Gasteiger partial charge on any atom is 0.248 e. The molecule has 1 saturated heterocycles. The van der Waals surface area contributed by atoms with Crippen LogP contribution in [0.25, 0.3) is 0 Å². The number of hydrogen-bond acceptors (Lipinski definition) is 5. The highest BCUT2D eigenvalue weighted by atomic mass is 16.5. The minimum Gasteiger partial charge on any atom is -0.383 e. The molecule has 1 rings (SSSR count). The van der Waals surface area contributed by atoms with Crippen molar-refractivity contribution in [2.45, 2.75) is 0 Å². The van der Waals surface area contributed by atoms with Crippen molar-refractivity contribution in [3.05, 3.63) is 0 Å². The summed E-state index contributed by atoms with van der Waals surface area (Å²) in [5, 5.41) is 4.98. The highest BCUT2D eigenvalue weighted by Gasteiger charge is 2.14. The predicted octanol–water partition coefficient (Wildman–Crippen LogP) is -1.50. The van der Waals surface area contributed by atoms with Crippen LogP contribution < -0.4 is 10.7 Å². The number of hydrogen-bond donors (Lipinski definition) is 2. The smallest absolute Gasteiger partial charge is 0.248 e. The van der Waals surface area contributed by atoms with E-state index < -0.39 is 0 Å². The second-order valence-electron chi connectivity index (χ2n) is 3.99. The van der Waals surface area contributed by atoms with Gasteiger partial charge in [0.25, 0.3) is 0 Å². The fraction of sp³-hybridized carbons (Fsp3) is 0.900. The van der Waals surface area contributed by atoms with Crippen LogP contribution in [0.4, 0.5) is 0 Å². The number of ether oxygens (including phenoxy) is 1. The van der Waals surface area contributed by atoms with E-state index in [9.17, 15) is 4.79 Å². The molecule has 0 aliphatic carbocycles. The summed E-state index contributed by atoms with van der Waals surface area (Å²) in [6, 6.07) is 0. The number of nitrogens with one attached hydrogen (secondary N) is 2. The number of carbonyl (C=O) groups excluding carboxylic acids is 1. The molecule has 6 nitrogen and oxygen atoms in total. The van der Waals surface area contributed by atoms with E-state index in [1.165, 1.54) is 0 Å². The van der Waals surface area contributed by atoms with E-state index >= 15 is 0 Å². The summed E-state index contributed by atoms with van der Waals surface area (Å²) >= 11 is 0. The zero-order valence-corrected chi connectivity index (χ0v) is 10.2. The third-order valence-electron chi connectivity index (χ3n) is 2.55. The van der Waals surface area contributed by atoms with Crippen molar-refractivity contribution in [2.24, 2.45) is 0 Å². The number of carbonyl (C=O) groups is 1. The van der Waals surface area contributed by atoms with Gasteiger partial charge in [0, 0.05) is 39.8 Å². The van der Waals surface area contributed by atoms with Gasteiger partial charge in [-0.1, -0.05) is 0 Å². The van der Waals surface area contributed by atoms with Crippen LogP contribution in [0.3, 0.4) is 0 Å². The number of piperazine rings is 1. The molecule has 6 heteroatoms. The van der Waals surface area contributed by atoms with Crippen molar-refractivity contribution < 1.29 is 9.53 Å². The van der Waals surface area contributed by atoms with Gasteiger partial charge >= 0.3 is 0 Å². The molecule has 1 fully saturated rings. The molecule has 16 heavy (non-hydrogen) atoms. The Morgan fingerprint density at radius 3 is 2.62 bits per heavy atom. The largest absolute Gasteiger partial charge is 0.383 e. The molecule has 0 aromatic heterocycles. The molecule has 94 valence electrons. The molecule has 0 aromatic rings. The summed E-state index contributed by atoms with van der Waals surface area (Å²) in [6.45, 7) is 5.44. The Balaban J connectivity index is 2.05. The normalized spacial score (nSPS) is 18.6. The molecule has 1 aliphatic rings. The SMILES string of the molecule is COCCNCC(=O)NN1CCN(C)CC1. The number of likely N-dealkylation sites (N-methyl/N-ethyl adjacent to an activating group) is 1. The Bertz CT molecular complexity index is 205. The van der Waals surface area contributed by atoms with Crippen molar-refractivity contribution in [1.29, 1.82) is 0 Å². The van der Waals surface area contributed by atoms with Crippen LogP contribution in [0.15, 0.2) is 0 Å². The summed E-state index contributed by atoms with van der Waals surface area (Å²) in [5.74, 6) is 0.0145. The van der Waals surface area contributed by atoms with Gasteiger partial charge in [-0.2, -0.15) is 0 Å². The zero-order chi connectivity index (χ0) is 11.8. The molecule has 0 radical (unpaired) electrons. The van der Waals surface area contributed by atoms with Gasteiger partial charge in [-0.15, -0.1) is 0 Å². The standard InChI is InChI=1S/C10H22N4O2/c1-13-4-6-14(7-5-13)12-10(15)9-11-3-8-16-2/h11H,3-9H2,1-2H3,(H,12,15). The van der Waals surface area contributed by atoms with Crippen molar-refractivity contribution in [2.75, 3.05) is 60.0 Å². The maximum atomic E-state index is 11.5. The number of methoxy groups -OCH3 is 1. The van der Waals surface area contributed by atoms with Gasteiger partial charge in [0.1, 0.15) is 0 Å². The minimum atomic E-state index is 0.0145. The van der Waals surface area contributed by atoms with Gasteiger partial charge in [0.15, 0.2) is 0 Å². The van der Waals surface area contributed by atoms with Crippen LogP contribution in [0.5, 0.6) is 0 Å². The fourth-order valence-electron chi connectivity index (χ4n) is 1.51. The Morgan fingerprint density at radius 1 is 1.31 bits per heavy atom. The molecule has 2 N–H and O–H groups in total. The average molecular weight is 230 g/mol. The first kappa shape index (κ1) is 13.4. The van der Waals surface area contributed by atoms with Crippen molar-refractivity contribution >= 4 is 5.91 Å². The lowest BCUT2D eigenvalue weighted by molar-refractivity contribution is -0.125. The summed E-state index contributed by atoms with van der Waals surface area (Å²) in [4.78, 5) is 13.7. The molecule has 1 aliphatic heterocycles. The third kappa shape index (κ3) is 5.41. The second kappa shape index (κ2) is 7.56. The highest BCUT2D eigenvalue weighted by molar-refractivity contribution is 5.77. The summed E-state index contributed by atoms with van der Waals surface area (Å²) < 4.78 is 4.88. The lowest BCUT2D eigenvalue weighted by atomic mass is 10.4. The Kier molecular flexibility index (Phi) is 6.32. The van der Waals surface area contributed by atoms with Gasteiger partial charge in [-0.05, 0) is 7.05 Å². The quantitative estimate of drug-likeness (QED) is 0.544. The Labute approximate surface area is 96.9 Å². The molecular formula is C10H22N4O2. The van der Waals surface area contributed by atoms with Crippen molar-refractivity contribution in [3.8, 4) is 0 Å². The molecule has 1 heterocycles. The summed E-state index contributed by atoms with van der Waals surface area (Å²) in [7, 11) is 3.73. The number of amides is 1. The molecule has 0 saturated carbocycles. The van der Waals surface area contributed by atoms with E-state index in [2.05, 4.69) is 22.7 Å². The van der Waals surface area contributed by atoms with Gasteiger partial charge in [-0.3, -0.25) is 10.2 Å². The van der Waals surface area contributed by atoms with Crippen LogP contribution >= 0.6 is 0 Å². The van der Waals surface area contributed by atoms with Crippen molar-refractivity contribution in [3.63, 3.8) is 0 Å². The fourth-order valence-corrected chi connectivity index (χ4v) is 1.51. The second-order valence-corrected chi connectivity index (χ2v) is 3.99. The van der Waals surface area contributed by atoms with Crippen molar-refractivity contribution in [1.82, 2.24) is 20.7 Å². The van der Waals surface area contributed by atoms with E-state index in [1.54, 1.807) is 7.11 Å². The van der Waals surface area contributed by atoms with Crippen LogP contribution in [0, 0.1) is 0 Å². The predicted molar refractivity (Wildman–Crippen MR) is 62.0 cm³/mol. The van der Waals surface area contributed by atoms with E-state index in [0.29, 0.717) is 19.7 Å². The molecule has 0 unspecified atom stereocenters. The topological polar surface area (TPSA) is 56.8 Å². The Hall–Kier alpha value is -0.690. The van der Waals surface area contributed by atoms with Crippen LogP contribution in [0.2, 0.25) is 0 Å².